The first kappa shape index (κ1) is 13.2. The van der Waals surface area contributed by atoms with Gasteiger partial charge in [0.1, 0.15) is 17.6 Å². The van der Waals surface area contributed by atoms with Crippen LogP contribution in [0.3, 0.4) is 0 Å². The predicted molar refractivity (Wildman–Crippen MR) is 72.6 cm³/mol. The molecule has 1 aromatic heterocycles. The van der Waals surface area contributed by atoms with E-state index in [-0.39, 0.29) is 6.61 Å². The molecule has 19 heavy (non-hydrogen) atoms. The zero-order valence-corrected chi connectivity index (χ0v) is 11.1. The number of aliphatic hydroxyl groups excluding tert-OH is 1. The van der Waals surface area contributed by atoms with Crippen LogP contribution in [0.4, 0.5) is 5.69 Å². The maximum atomic E-state index is 9.18. The average Bonchev–Trinajstić information content (AvgIpc) is 2.83. The Labute approximate surface area is 112 Å². The Morgan fingerprint density at radius 1 is 1.32 bits per heavy atom. The highest BCUT2D eigenvalue weighted by Crippen LogP contribution is 2.22. The molecule has 4 nitrogen and oxygen atoms in total. The Morgan fingerprint density at radius 3 is 2.68 bits per heavy atom. The SMILES string of the molecule is Cc1ccc(CN(C)c2ccc(CO)cc2C#N)o1. The fourth-order valence-electron chi connectivity index (χ4n) is 1.99. The van der Waals surface area contributed by atoms with E-state index in [1.807, 2.05) is 43.1 Å². The molecule has 4 heteroatoms. The molecule has 0 aliphatic rings. The molecule has 1 heterocycles. The van der Waals surface area contributed by atoms with Gasteiger partial charge in [0, 0.05) is 7.05 Å². The van der Waals surface area contributed by atoms with Gasteiger partial charge in [0.15, 0.2) is 0 Å². The highest BCUT2D eigenvalue weighted by Gasteiger charge is 2.10. The summed E-state index contributed by atoms with van der Waals surface area (Å²) in [6.45, 7) is 2.44. The first-order valence-corrected chi connectivity index (χ1v) is 6.04. The Hall–Kier alpha value is -2.25. The molecule has 0 aliphatic heterocycles. The molecule has 1 aromatic carbocycles. The molecule has 1 N–H and O–H groups in total. The fourth-order valence-corrected chi connectivity index (χ4v) is 1.99. The van der Waals surface area contributed by atoms with E-state index in [4.69, 9.17) is 9.52 Å². The molecule has 0 bridgehead atoms. The summed E-state index contributed by atoms with van der Waals surface area (Å²) < 4.78 is 5.53. The van der Waals surface area contributed by atoms with Crippen molar-refractivity contribution in [2.24, 2.45) is 0 Å². The number of anilines is 1. The number of hydrogen-bond acceptors (Lipinski definition) is 4. The van der Waals surface area contributed by atoms with Crippen LogP contribution in [-0.4, -0.2) is 12.2 Å². The minimum absolute atomic E-state index is 0.0595. The Bertz CT molecular complexity index is 611. The zero-order chi connectivity index (χ0) is 13.8. The first-order valence-electron chi connectivity index (χ1n) is 6.04. The molecule has 0 saturated carbocycles. The molecular weight excluding hydrogens is 240 g/mol. The number of rotatable bonds is 4. The van der Waals surface area contributed by atoms with E-state index in [9.17, 15) is 5.26 Å². The lowest BCUT2D eigenvalue weighted by Gasteiger charge is -2.19. The molecule has 0 aliphatic carbocycles. The largest absolute Gasteiger partial charge is 0.464 e. The second-order valence-corrected chi connectivity index (χ2v) is 4.49. The lowest BCUT2D eigenvalue weighted by atomic mass is 10.1. The third-order valence-electron chi connectivity index (χ3n) is 2.96. The molecule has 0 unspecified atom stereocenters. The van der Waals surface area contributed by atoms with E-state index in [1.165, 1.54) is 0 Å². The van der Waals surface area contributed by atoms with Crippen LogP contribution in [0.2, 0.25) is 0 Å². The molecule has 0 amide bonds. The number of nitriles is 1. The van der Waals surface area contributed by atoms with Gasteiger partial charge in [-0.1, -0.05) is 6.07 Å². The van der Waals surface area contributed by atoms with Gasteiger partial charge < -0.3 is 14.4 Å². The molecular formula is C15H16N2O2. The minimum atomic E-state index is -0.0595. The molecule has 2 aromatic rings. The van der Waals surface area contributed by atoms with E-state index < -0.39 is 0 Å². The Balaban J connectivity index is 2.23. The summed E-state index contributed by atoms with van der Waals surface area (Å²) in [6, 6.07) is 11.4. The van der Waals surface area contributed by atoms with Crippen LogP contribution in [-0.2, 0) is 13.2 Å². The molecule has 0 spiro atoms. The summed E-state index contributed by atoms with van der Waals surface area (Å²) >= 11 is 0. The second-order valence-electron chi connectivity index (χ2n) is 4.49. The molecule has 0 radical (unpaired) electrons. The van der Waals surface area contributed by atoms with Crippen molar-refractivity contribution in [3.63, 3.8) is 0 Å². The molecule has 0 saturated heterocycles. The van der Waals surface area contributed by atoms with Gasteiger partial charge >= 0.3 is 0 Å². The lowest BCUT2D eigenvalue weighted by Crippen LogP contribution is -2.17. The quantitative estimate of drug-likeness (QED) is 0.913. The van der Waals surface area contributed by atoms with Gasteiger partial charge in [-0.2, -0.15) is 5.26 Å². The van der Waals surface area contributed by atoms with Crippen molar-refractivity contribution in [1.82, 2.24) is 0 Å². The van der Waals surface area contributed by atoms with Crippen LogP contribution in [0.25, 0.3) is 0 Å². The smallest absolute Gasteiger partial charge is 0.123 e. The number of nitrogens with zero attached hydrogens (tertiary/aromatic N) is 2. The van der Waals surface area contributed by atoms with Gasteiger partial charge in [0.25, 0.3) is 0 Å². The van der Waals surface area contributed by atoms with Crippen LogP contribution in [0.1, 0.15) is 22.6 Å². The predicted octanol–water partition coefficient (Wildman–Crippen LogP) is 2.59. The van der Waals surface area contributed by atoms with Gasteiger partial charge in [-0.25, -0.2) is 0 Å². The van der Waals surface area contributed by atoms with Crippen LogP contribution < -0.4 is 4.90 Å². The number of benzene rings is 1. The Kier molecular flexibility index (Phi) is 3.88. The first-order chi connectivity index (χ1) is 9.13. The third-order valence-corrected chi connectivity index (χ3v) is 2.96. The van der Waals surface area contributed by atoms with E-state index in [0.717, 1.165) is 22.8 Å². The highest BCUT2D eigenvalue weighted by molar-refractivity contribution is 5.60. The van der Waals surface area contributed by atoms with Crippen LogP contribution in [0, 0.1) is 18.3 Å². The number of furan rings is 1. The van der Waals surface area contributed by atoms with E-state index in [0.29, 0.717) is 12.1 Å². The standard InChI is InChI=1S/C15H16N2O2/c1-11-3-5-14(19-11)9-17(2)15-6-4-12(10-18)7-13(15)8-16/h3-7,18H,9-10H2,1-2H3. The minimum Gasteiger partial charge on any atom is -0.464 e. The third kappa shape index (κ3) is 2.95. The van der Waals surface area contributed by atoms with Gasteiger partial charge in [-0.15, -0.1) is 0 Å². The lowest BCUT2D eigenvalue weighted by molar-refractivity contribution is 0.282. The second kappa shape index (κ2) is 5.59. The molecule has 0 fully saturated rings. The monoisotopic (exact) mass is 256 g/mol. The number of hydrogen-bond donors (Lipinski definition) is 1. The summed E-state index contributed by atoms with van der Waals surface area (Å²) in [4.78, 5) is 1.96. The van der Waals surface area contributed by atoms with Crippen molar-refractivity contribution in [3.8, 4) is 6.07 Å². The van der Waals surface area contributed by atoms with Crippen molar-refractivity contribution >= 4 is 5.69 Å². The summed E-state index contributed by atoms with van der Waals surface area (Å²) in [6.07, 6.45) is 0. The van der Waals surface area contributed by atoms with Crippen molar-refractivity contribution in [1.29, 1.82) is 5.26 Å². The topological polar surface area (TPSA) is 60.4 Å². The molecule has 2 rings (SSSR count). The maximum absolute atomic E-state index is 9.18. The van der Waals surface area contributed by atoms with Crippen molar-refractivity contribution in [2.75, 3.05) is 11.9 Å². The summed E-state index contributed by atoms with van der Waals surface area (Å²) in [5.41, 5.74) is 2.12. The summed E-state index contributed by atoms with van der Waals surface area (Å²) in [7, 11) is 1.91. The van der Waals surface area contributed by atoms with Crippen molar-refractivity contribution in [2.45, 2.75) is 20.1 Å². The summed E-state index contributed by atoms with van der Waals surface area (Å²) in [5.74, 6) is 1.73. The highest BCUT2D eigenvalue weighted by atomic mass is 16.3. The van der Waals surface area contributed by atoms with Crippen molar-refractivity contribution < 1.29 is 9.52 Å². The molecule has 0 atom stereocenters. The molecule has 98 valence electrons. The van der Waals surface area contributed by atoms with Gasteiger partial charge in [0.05, 0.1) is 24.4 Å². The van der Waals surface area contributed by atoms with E-state index >= 15 is 0 Å². The summed E-state index contributed by atoms with van der Waals surface area (Å²) in [5, 5.41) is 18.3. The average molecular weight is 256 g/mol. The van der Waals surface area contributed by atoms with Crippen molar-refractivity contribution in [3.05, 3.63) is 53.0 Å². The van der Waals surface area contributed by atoms with Crippen LogP contribution in [0.5, 0.6) is 0 Å². The maximum Gasteiger partial charge on any atom is 0.123 e. The van der Waals surface area contributed by atoms with Crippen LogP contribution >= 0.6 is 0 Å². The van der Waals surface area contributed by atoms with E-state index in [1.54, 1.807) is 6.07 Å². The fraction of sp³-hybridized carbons (Fsp3) is 0.267. The van der Waals surface area contributed by atoms with Gasteiger partial charge in [-0.05, 0) is 36.8 Å². The van der Waals surface area contributed by atoms with Gasteiger partial charge in [-0.3, -0.25) is 0 Å². The normalized spacial score (nSPS) is 10.2. The number of aryl methyl sites for hydroxylation is 1. The number of aliphatic hydroxyl groups is 1. The van der Waals surface area contributed by atoms with Crippen LogP contribution in [0.15, 0.2) is 34.7 Å². The van der Waals surface area contributed by atoms with Gasteiger partial charge in [0.2, 0.25) is 0 Å². The zero-order valence-electron chi connectivity index (χ0n) is 11.1. The Morgan fingerprint density at radius 2 is 2.11 bits per heavy atom. The van der Waals surface area contributed by atoms with E-state index in [2.05, 4.69) is 6.07 Å².